The molecule has 4 nitrogen and oxygen atoms in total. The van der Waals surface area contributed by atoms with Gasteiger partial charge in [0.2, 0.25) is 0 Å². The van der Waals surface area contributed by atoms with Crippen LogP contribution in [0.3, 0.4) is 0 Å². The molecule has 22 heavy (non-hydrogen) atoms. The zero-order chi connectivity index (χ0) is 15.4. The molecule has 1 aromatic heterocycles. The van der Waals surface area contributed by atoms with E-state index in [0.717, 1.165) is 32.5 Å². The van der Waals surface area contributed by atoms with Crippen molar-refractivity contribution >= 4 is 0 Å². The third-order valence-corrected chi connectivity index (χ3v) is 4.31. The van der Waals surface area contributed by atoms with Crippen molar-refractivity contribution in [3.63, 3.8) is 0 Å². The van der Waals surface area contributed by atoms with Gasteiger partial charge in [-0.15, -0.1) is 0 Å². The maximum atomic E-state index is 6.05. The van der Waals surface area contributed by atoms with Gasteiger partial charge in [0.05, 0.1) is 12.3 Å². The highest BCUT2D eigenvalue weighted by molar-refractivity contribution is 5.24. The monoisotopic (exact) mass is 299 g/mol. The van der Waals surface area contributed by atoms with E-state index in [1.54, 1.807) is 0 Å². The average Bonchev–Trinajstić information content (AvgIpc) is 3.02. The van der Waals surface area contributed by atoms with Crippen LogP contribution in [0.5, 0.6) is 0 Å². The fraction of sp³-hybridized carbons (Fsp3) is 0.500. The molecule has 1 fully saturated rings. The third kappa shape index (κ3) is 3.57. The first-order valence-corrected chi connectivity index (χ1v) is 8.19. The number of nitrogens with one attached hydrogen (secondary N) is 1. The molecule has 1 aliphatic heterocycles. The Balaban J connectivity index is 1.65. The van der Waals surface area contributed by atoms with Gasteiger partial charge in [-0.05, 0) is 32.3 Å². The van der Waals surface area contributed by atoms with E-state index >= 15 is 0 Å². The molecule has 1 aliphatic rings. The van der Waals surface area contributed by atoms with Gasteiger partial charge >= 0.3 is 0 Å². The minimum Gasteiger partial charge on any atom is -0.372 e. The number of ether oxygens (including phenoxy) is 1. The minimum atomic E-state index is 0.149. The normalized spacial score (nSPS) is 21.9. The Bertz CT molecular complexity index is 591. The summed E-state index contributed by atoms with van der Waals surface area (Å²) in [6, 6.07) is 9.07. The van der Waals surface area contributed by atoms with Crippen LogP contribution >= 0.6 is 0 Å². The van der Waals surface area contributed by atoms with Crippen molar-refractivity contribution in [3.8, 4) is 0 Å². The molecule has 0 spiro atoms. The molecule has 2 atom stereocenters. The van der Waals surface area contributed by atoms with E-state index in [-0.39, 0.29) is 6.10 Å². The van der Waals surface area contributed by atoms with Gasteiger partial charge in [-0.1, -0.05) is 29.8 Å². The molecule has 118 valence electrons. The van der Waals surface area contributed by atoms with E-state index in [0.29, 0.717) is 6.04 Å². The Morgan fingerprint density at radius 1 is 1.32 bits per heavy atom. The second-order valence-corrected chi connectivity index (χ2v) is 6.04. The summed E-state index contributed by atoms with van der Waals surface area (Å²) in [6.45, 7) is 6.83. The molecular weight excluding hydrogens is 274 g/mol. The molecular formula is C18H25N3O. The van der Waals surface area contributed by atoms with Gasteiger partial charge in [-0.25, -0.2) is 0 Å². The molecule has 4 heteroatoms. The summed E-state index contributed by atoms with van der Waals surface area (Å²) in [4.78, 5) is 0. The Morgan fingerprint density at radius 2 is 2.14 bits per heavy atom. The number of hydrogen-bond acceptors (Lipinski definition) is 3. The number of benzene rings is 1. The van der Waals surface area contributed by atoms with Gasteiger partial charge in [0.15, 0.2) is 0 Å². The second-order valence-electron chi connectivity index (χ2n) is 6.04. The van der Waals surface area contributed by atoms with Crippen LogP contribution in [-0.2, 0) is 17.8 Å². The minimum absolute atomic E-state index is 0.149. The number of hydrogen-bond donors (Lipinski definition) is 1. The topological polar surface area (TPSA) is 39.1 Å². The van der Waals surface area contributed by atoms with Crippen LogP contribution in [0, 0.1) is 6.92 Å². The summed E-state index contributed by atoms with van der Waals surface area (Å²) in [6.07, 6.45) is 6.48. The van der Waals surface area contributed by atoms with Crippen LogP contribution in [0.1, 0.15) is 42.6 Å². The van der Waals surface area contributed by atoms with Crippen LogP contribution in [0.4, 0.5) is 0 Å². The molecule has 3 rings (SSSR count). The van der Waals surface area contributed by atoms with Crippen LogP contribution in [0.2, 0.25) is 0 Å². The third-order valence-electron chi connectivity index (χ3n) is 4.31. The lowest BCUT2D eigenvalue weighted by Crippen LogP contribution is -2.39. The van der Waals surface area contributed by atoms with Gasteiger partial charge in [0, 0.05) is 37.5 Å². The fourth-order valence-electron chi connectivity index (χ4n) is 2.99. The van der Waals surface area contributed by atoms with E-state index in [1.165, 1.54) is 16.7 Å². The summed E-state index contributed by atoms with van der Waals surface area (Å²) in [5, 5.41) is 7.99. The lowest BCUT2D eigenvalue weighted by molar-refractivity contribution is -0.0112. The molecule has 2 heterocycles. The summed E-state index contributed by atoms with van der Waals surface area (Å²) < 4.78 is 8.01. The van der Waals surface area contributed by atoms with Gasteiger partial charge in [-0.2, -0.15) is 5.10 Å². The zero-order valence-electron chi connectivity index (χ0n) is 13.5. The predicted molar refractivity (Wildman–Crippen MR) is 87.6 cm³/mol. The number of rotatable bonds is 5. The molecule has 0 aliphatic carbocycles. The summed E-state index contributed by atoms with van der Waals surface area (Å²) in [5.41, 5.74) is 3.79. The van der Waals surface area contributed by atoms with Crippen molar-refractivity contribution in [2.24, 2.45) is 0 Å². The first kappa shape index (κ1) is 15.3. The summed E-state index contributed by atoms with van der Waals surface area (Å²) in [7, 11) is 0. The molecule has 0 unspecified atom stereocenters. The van der Waals surface area contributed by atoms with Gasteiger partial charge in [0.25, 0.3) is 0 Å². The van der Waals surface area contributed by atoms with Crippen LogP contribution in [-0.4, -0.2) is 22.4 Å². The number of aryl methyl sites for hydroxylation is 2. The van der Waals surface area contributed by atoms with Crippen molar-refractivity contribution in [2.45, 2.75) is 51.9 Å². The Morgan fingerprint density at radius 3 is 2.86 bits per heavy atom. The molecule has 1 saturated heterocycles. The Kier molecular flexibility index (Phi) is 4.90. The van der Waals surface area contributed by atoms with E-state index in [1.807, 2.05) is 10.9 Å². The standard InChI is InChI=1S/C18H25N3O/c1-3-21-13-15(12-20-21)11-19-17-5-4-10-22-18(17)16-8-6-14(2)7-9-16/h6-9,12-13,17-19H,3-5,10-11H2,1-2H3/t17-,18+/m0/s1. The van der Waals surface area contributed by atoms with Crippen LogP contribution < -0.4 is 5.32 Å². The van der Waals surface area contributed by atoms with Crippen molar-refractivity contribution in [1.82, 2.24) is 15.1 Å². The van der Waals surface area contributed by atoms with E-state index < -0.39 is 0 Å². The summed E-state index contributed by atoms with van der Waals surface area (Å²) >= 11 is 0. The predicted octanol–water partition coefficient (Wildman–Crippen LogP) is 3.22. The largest absolute Gasteiger partial charge is 0.372 e. The van der Waals surface area contributed by atoms with E-state index in [2.05, 4.69) is 54.7 Å². The van der Waals surface area contributed by atoms with Gasteiger partial charge < -0.3 is 10.1 Å². The molecule has 2 aromatic rings. The molecule has 1 N–H and O–H groups in total. The van der Waals surface area contributed by atoms with Crippen LogP contribution in [0.25, 0.3) is 0 Å². The maximum absolute atomic E-state index is 6.05. The lowest BCUT2D eigenvalue weighted by Gasteiger charge is -2.33. The highest BCUT2D eigenvalue weighted by Gasteiger charge is 2.27. The Hall–Kier alpha value is -1.65. The first-order chi connectivity index (χ1) is 10.8. The molecule has 0 bridgehead atoms. The van der Waals surface area contributed by atoms with Crippen LogP contribution in [0.15, 0.2) is 36.7 Å². The maximum Gasteiger partial charge on any atom is 0.0977 e. The summed E-state index contributed by atoms with van der Waals surface area (Å²) in [5.74, 6) is 0. The van der Waals surface area contributed by atoms with Gasteiger partial charge in [-0.3, -0.25) is 4.68 Å². The smallest absolute Gasteiger partial charge is 0.0977 e. The molecule has 0 saturated carbocycles. The first-order valence-electron chi connectivity index (χ1n) is 8.19. The van der Waals surface area contributed by atoms with Crippen molar-refractivity contribution in [2.75, 3.05) is 6.61 Å². The van der Waals surface area contributed by atoms with Crippen molar-refractivity contribution in [1.29, 1.82) is 0 Å². The fourth-order valence-corrected chi connectivity index (χ4v) is 2.99. The van der Waals surface area contributed by atoms with Gasteiger partial charge in [0.1, 0.15) is 0 Å². The zero-order valence-corrected chi connectivity index (χ0v) is 13.5. The number of nitrogens with zero attached hydrogens (tertiary/aromatic N) is 2. The Labute approximate surface area is 132 Å². The quantitative estimate of drug-likeness (QED) is 0.921. The molecule has 1 aromatic carbocycles. The van der Waals surface area contributed by atoms with E-state index in [4.69, 9.17) is 4.74 Å². The molecule has 0 amide bonds. The highest BCUT2D eigenvalue weighted by Crippen LogP contribution is 2.28. The highest BCUT2D eigenvalue weighted by atomic mass is 16.5. The average molecular weight is 299 g/mol. The molecule has 0 radical (unpaired) electrons. The SMILES string of the molecule is CCn1cc(CN[C@H]2CCCO[C@@H]2c2ccc(C)cc2)cn1. The van der Waals surface area contributed by atoms with Crippen molar-refractivity contribution in [3.05, 3.63) is 53.3 Å². The lowest BCUT2D eigenvalue weighted by atomic mass is 9.95. The van der Waals surface area contributed by atoms with E-state index in [9.17, 15) is 0 Å². The van der Waals surface area contributed by atoms with Crippen molar-refractivity contribution < 1.29 is 4.74 Å². The number of aromatic nitrogens is 2. The second kappa shape index (κ2) is 7.07.